The second-order valence-electron chi connectivity index (χ2n) is 10.4. The van der Waals surface area contributed by atoms with Gasteiger partial charge in [-0.15, -0.1) is 0 Å². The summed E-state index contributed by atoms with van der Waals surface area (Å²) in [7, 11) is 0. The van der Waals surface area contributed by atoms with E-state index in [1.165, 1.54) is 5.56 Å². The fourth-order valence-corrected chi connectivity index (χ4v) is 6.03. The number of carbonyl (C=O) groups excluding carboxylic acids is 3. The summed E-state index contributed by atoms with van der Waals surface area (Å²) in [6.45, 7) is 10.7. The third kappa shape index (κ3) is 5.52. The number of aryl methyl sites for hydroxylation is 1. The molecule has 0 unspecified atom stereocenters. The summed E-state index contributed by atoms with van der Waals surface area (Å²) in [5, 5.41) is -0.402. The van der Waals surface area contributed by atoms with Crippen molar-refractivity contribution in [2.24, 2.45) is 0 Å². The number of nitrogens with zero attached hydrogens (tertiary/aromatic N) is 4. The fraction of sp³-hybridized carbons (Fsp3) is 0.323. The molecule has 0 aliphatic carbocycles. The first-order valence-electron chi connectivity index (χ1n) is 13.4. The molecule has 202 valence electrons. The number of thioether (sulfide) groups is 1. The van der Waals surface area contributed by atoms with Crippen LogP contribution in [0.3, 0.4) is 0 Å². The minimum absolute atomic E-state index is 0.200. The van der Waals surface area contributed by atoms with Crippen molar-refractivity contribution in [3.8, 4) is 5.69 Å². The Hall–Kier alpha value is -3.78. The molecule has 7 nitrogen and oxygen atoms in total. The highest BCUT2D eigenvalue weighted by Crippen LogP contribution is 2.34. The lowest BCUT2D eigenvalue weighted by Gasteiger charge is -2.36. The van der Waals surface area contributed by atoms with E-state index in [1.54, 1.807) is 11.0 Å². The van der Waals surface area contributed by atoms with Gasteiger partial charge in [0.15, 0.2) is 0 Å². The van der Waals surface area contributed by atoms with Crippen molar-refractivity contribution in [3.05, 3.63) is 88.1 Å². The zero-order valence-electron chi connectivity index (χ0n) is 22.9. The summed E-state index contributed by atoms with van der Waals surface area (Å²) < 4.78 is 2.15. The van der Waals surface area contributed by atoms with Gasteiger partial charge in [0.25, 0.3) is 11.1 Å². The van der Waals surface area contributed by atoms with Crippen molar-refractivity contribution in [2.45, 2.75) is 33.6 Å². The molecule has 0 saturated carbocycles. The lowest BCUT2D eigenvalue weighted by atomic mass is 10.0. The second-order valence-corrected chi connectivity index (χ2v) is 11.4. The number of anilines is 1. The van der Waals surface area contributed by atoms with Crippen LogP contribution in [-0.4, -0.2) is 64.1 Å². The van der Waals surface area contributed by atoms with E-state index in [-0.39, 0.29) is 12.5 Å². The van der Waals surface area contributed by atoms with Gasteiger partial charge in [-0.1, -0.05) is 44.2 Å². The number of piperazine rings is 1. The highest BCUT2D eigenvalue weighted by molar-refractivity contribution is 8.18. The summed E-state index contributed by atoms with van der Waals surface area (Å²) in [5.74, 6) is -0.149. The lowest BCUT2D eigenvalue weighted by Crippen LogP contribution is -2.51. The molecule has 8 heteroatoms. The van der Waals surface area contributed by atoms with Crippen molar-refractivity contribution >= 4 is 40.6 Å². The number of rotatable bonds is 6. The predicted molar refractivity (Wildman–Crippen MR) is 157 cm³/mol. The highest BCUT2D eigenvalue weighted by atomic mass is 32.2. The van der Waals surface area contributed by atoms with E-state index in [4.69, 9.17) is 0 Å². The Kier molecular flexibility index (Phi) is 7.66. The number of benzene rings is 2. The van der Waals surface area contributed by atoms with E-state index in [1.807, 2.05) is 38.1 Å². The van der Waals surface area contributed by atoms with Crippen LogP contribution in [-0.2, 0) is 9.59 Å². The summed E-state index contributed by atoms with van der Waals surface area (Å²) in [6, 6.07) is 20.6. The SMILES string of the molecule is Cc1cc(/C=C2/SC(=O)N(CC(=O)N3CCN(c4ccccc4)CC3)C2=O)c(C)n1-c1ccc(C(C)C)cc1. The third-order valence-electron chi connectivity index (χ3n) is 7.50. The van der Waals surface area contributed by atoms with E-state index in [0.29, 0.717) is 37.0 Å². The molecule has 0 N–H and O–H groups in total. The van der Waals surface area contributed by atoms with Crippen molar-refractivity contribution in [1.82, 2.24) is 14.4 Å². The van der Waals surface area contributed by atoms with Gasteiger partial charge in [-0.05, 0) is 79.1 Å². The summed E-state index contributed by atoms with van der Waals surface area (Å²) >= 11 is 0.898. The van der Waals surface area contributed by atoms with Crippen molar-refractivity contribution in [2.75, 3.05) is 37.6 Å². The van der Waals surface area contributed by atoms with Crippen molar-refractivity contribution < 1.29 is 14.4 Å². The summed E-state index contributed by atoms with van der Waals surface area (Å²) in [6.07, 6.45) is 1.77. The van der Waals surface area contributed by atoms with Gasteiger partial charge in [0.05, 0.1) is 4.91 Å². The Balaban J connectivity index is 1.26. The Morgan fingerprint density at radius 2 is 1.59 bits per heavy atom. The molecule has 39 heavy (non-hydrogen) atoms. The Bertz CT molecular complexity index is 1420. The topological polar surface area (TPSA) is 65.9 Å². The Morgan fingerprint density at radius 3 is 2.23 bits per heavy atom. The molecule has 0 radical (unpaired) electrons. The number of carbonyl (C=O) groups is 3. The molecule has 2 aromatic carbocycles. The van der Waals surface area contributed by atoms with Crippen LogP contribution in [0.25, 0.3) is 11.8 Å². The molecule has 0 bridgehead atoms. The molecule has 2 saturated heterocycles. The van der Waals surface area contributed by atoms with E-state index in [9.17, 15) is 14.4 Å². The maximum absolute atomic E-state index is 13.2. The van der Waals surface area contributed by atoms with Gasteiger partial charge in [-0.25, -0.2) is 0 Å². The average Bonchev–Trinajstić information content (AvgIpc) is 3.37. The molecule has 0 spiro atoms. The first-order chi connectivity index (χ1) is 18.7. The zero-order valence-corrected chi connectivity index (χ0v) is 23.7. The van der Waals surface area contributed by atoms with Crippen LogP contribution in [0.4, 0.5) is 10.5 Å². The standard InChI is InChI=1S/C31H34N4O3S/c1-21(2)24-10-12-27(13-11-24)35-22(3)18-25(23(35)4)19-28-30(37)34(31(38)39-28)20-29(36)33-16-14-32(15-17-33)26-8-6-5-7-9-26/h5-13,18-19,21H,14-17,20H2,1-4H3/b28-19+. The molecule has 2 aliphatic heterocycles. The molecule has 3 aromatic rings. The lowest BCUT2D eigenvalue weighted by molar-refractivity contribution is -0.136. The normalized spacial score (nSPS) is 17.2. The largest absolute Gasteiger partial charge is 0.368 e. The van der Waals surface area contributed by atoms with Crippen LogP contribution < -0.4 is 4.90 Å². The van der Waals surface area contributed by atoms with Gasteiger partial charge in [0.2, 0.25) is 5.91 Å². The van der Waals surface area contributed by atoms with E-state index in [0.717, 1.165) is 45.0 Å². The number of aromatic nitrogens is 1. The predicted octanol–water partition coefficient (Wildman–Crippen LogP) is 5.60. The maximum atomic E-state index is 13.2. The van der Waals surface area contributed by atoms with Crippen LogP contribution in [0.1, 0.15) is 42.3 Å². The van der Waals surface area contributed by atoms with E-state index >= 15 is 0 Å². The molecule has 1 aromatic heterocycles. The summed E-state index contributed by atoms with van der Waals surface area (Å²) in [4.78, 5) is 44.3. The Labute approximate surface area is 234 Å². The first-order valence-corrected chi connectivity index (χ1v) is 14.2. The first kappa shape index (κ1) is 26.8. The third-order valence-corrected chi connectivity index (χ3v) is 8.40. The van der Waals surface area contributed by atoms with Crippen LogP contribution >= 0.6 is 11.8 Å². The number of hydrogen-bond donors (Lipinski definition) is 0. The summed E-state index contributed by atoms with van der Waals surface area (Å²) in [5.41, 5.74) is 6.38. The fourth-order valence-electron chi connectivity index (χ4n) is 5.21. The molecule has 3 heterocycles. The van der Waals surface area contributed by atoms with Crippen LogP contribution in [0.2, 0.25) is 0 Å². The van der Waals surface area contributed by atoms with Crippen molar-refractivity contribution in [3.63, 3.8) is 0 Å². The van der Waals surface area contributed by atoms with E-state index in [2.05, 4.69) is 59.7 Å². The van der Waals surface area contributed by atoms with Crippen LogP contribution in [0, 0.1) is 13.8 Å². The molecule has 5 rings (SSSR count). The van der Waals surface area contributed by atoms with E-state index < -0.39 is 11.1 Å². The smallest absolute Gasteiger partial charge is 0.294 e. The van der Waals surface area contributed by atoms with Gasteiger partial charge in [-0.3, -0.25) is 19.3 Å². The molecular weight excluding hydrogens is 508 g/mol. The average molecular weight is 543 g/mol. The molecule has 2 aliphatic rings. The molecule has 0 atom stereocenters. The number of imide groups is 1. The number of amides is 3. The van der Waals surface area contributed by atoms with Gasteiger partial charge in [0.1, 0.15) is 6.54 Å². The van der Waals surface area contributed by atoms with Gasteiger partial charge >= 0.3 is 0 Å². The maximum Gasteiger partial charge on any atom is 0.294 e. The molecule has 3 amide bonds. The minimum atomic E-state index is -0.410. The quantitative estimate of drug-likeness (QED) is 0.379. The number of para-hydroxylation sites is 1. The monoisotopic (exact) mass is 542 g/mol. The second kappa shape index (κ2) is 11.1. The molecule has 2 fully saturated rings. The van der Waals surface area contributed by atoms with Crippen LogP contribution in [0.15, 0.2) is 65.6 Å². The zero-order chi connectivity index (χ0) is 27.7. The number of hydrogen-bond acceptors (Lipinski definition) is 5. The molecular formula is C31H34N4O3S. The van der Waals surface area contributed by atoms with Crippen molar-refractivity contribution in [1.29, 1.82) is 0 Å². The van der Waals surface area contributed by atoms with Gasteiger partial charge < -0.3 is 14.4 Å². The van der Waals surface area contributed by atoms with Crippen LogP contribution in [0.5, 0.6) is 0 Å². The minimum Gasteiger partial charge on any atom is -0.368 e. The highest BCUT2D eigenvalue weighted by Gasteiger charge is 2.37. The Morgan fingerprint density at radius 1 is 0.923 bits per heavy atom. The van der Waals surface area contributed by atoms with Gasteiger partial charge in [0, 0.05) is 48.9 Å². The van der Waals surface area contributed by atoms with Gasteiger partial charge in [-0.2, -0.15) is 0 Å².